The zero-order valence-corrected chi connectivity index (χ0v) is 17.4. The number of nitrogens with one attached hydrogen (secondary N) is 2. The van der Waals surface area contributed by atoms with Crippen LogP contribution in [-0.2, 0) is 6.54 Å². The van der Waals surface area contributed by atoms with Crippen molar-refractivity contribution < 1.29 is 4.79 Å². The molecule has 0 radical (unpaired) electrons. The Kier molecular flexibility index (Phi) is 6.22. The topological polar surface area (TPSA) is 57.3 Å². The molecule has 4 rings (SSSR count). The van der Waals surface area contributed by atoms with Gasteiger partial charge in [-0.15, -0.1) is 11.3 Å². The second kappa shape index (κ2) is 9.20. The fourth-order valence-electron chi connectivity index (χ4n) is 3.52. The number of piperidine rings is 1. The normalized spacial score (nSPS) is 15.2. The summed E-state index contributed by atoms with van der Waals surface area (Å²) in [7, 11) is 0. The monoisotopic (exact) mass is 406 g/mol. The maximum absolute atomic E-state index is 12.3. The fourth-order valence-corrected chi connectivity index (χ4v) is 4.24. The molecular weight excluding hydrogens is 380 g/mol. The van der Waals surface area contributed by atoms with Crippen LogP contribution >= 0.6 is 11.3 Å². The number of amides is 1. The largest absolute Gasteiger partial charge is 0.349 e. The number of hydrogen-bond acceptors (Lipinski definition) is 5. The standard InChI is InChI=1S/C23H26N4OS/c1-17-7-9-19(10-8-17)25-23-26-21(16-29-23)15-27-13-11-20(12-14-27)24-22(28)18-5-3-2-4-6-18/h2-10,16,20H,11-15H2,1H3,(H,24,28)(H,25,26). The Morgan fingerprint density at radius 1 is 1.10 bits per heavy atom. The molecular formula is C23H26N4OS. The van der Waals surface area contributed by atoms with Crippen LogP contribution in [0.25, 0.3) is 0 Å². The molecule has 0 aliphatic carbocycles. The Morgan fingerprint density at radius 2 is 1.83 bits per heavy atom. The van der Waals surface area contributed by atoms with Crippen molar-refractivity contribution in [1.29, 1.82) is 0 Å². The highest BCUT2D eigenvalue weighted by molar-refractivity contribution is 7.13. The lowest BCUT2D eigenvalue weighted by Gasteiger charge is -2.31. The minimum atomic E-state index is 0.0235. The lowest BCUT2D eigenvalue weighted by Crippen LogP contribution is -2.44. The minimum Gasteiger partial charge on any atom is -0.349 e. The van der Waals surface area contributed by atoms with E-state index in [0.717, 1.165) is 54.6 Å². The van der Waals surface area contributed by atoms with Gasteiger partial charge in [-0.05, 0) is 44.0 Å². The van der Waals surface area contributed by atoms with Crippen molar-refractivity contribution in [2.45, 2.75) is 32.4 Å². The Morgan fingerprint density at radius 3 is 2.55 bits per heavy atom. The lowest BCUT2D eigenvalue weighted by atomic mass is 10.0. The first-order valence-electron chi connectivity index (χ1n) is 10.0. The Hall–Kier alpha value is -2.70. The quantitative estimate of drug-likeness (QED) is 0.629. The number of aromatic nitrogens is 1. The van der Waals surface area contributed by atoms with Crippen molar-refractivity contribution in [3.05, 3.63) is 76.8 Å². The first-order chi connectivity index (χ1) is 14.2. The zero-order chi connectivity index (χ0) is 20.1. The van der Waals surface area contributed by atoms with Gasteiger partial charge >= 0.3 is 0 Å². The summed E-state index contributed by atoms with van der Waals surface area (Å²) in [5.74, 6) is 0.0235. The van der Waals surface area contributed by atoms with Gasteiger partial charge in [0.1, 0.15) is 0 Å². The third kappa shape index (κ3) is 5.43. The summed E-state index contributed by atoms with van der Waals surface area (Å²) >= 11 is 1.64. The molecule has 2 N–H and O–H groups in total. The fraction of sp³-hybridized carbons (Fsp3) is 0.304. The van der Waals surface area contributed by atoms with Crippen LogP contribution in [0.1, 0.15) is 34.5 Å². The number of carbonyl (C=O) groups excluding carboxylic acids is 1. The molecule has 1 aromatic heterocycles. The van der Waals surface area contributed by atoms with Gasteiger partial charge in [0.25, 0.3) is 5.91 Å². The summed E-state index contributed by atoms with van der Waals surface area (Å²) < 4.78 is 0. The van der Waals surface area contributed by atoms with Gasteiger partial charge in [0.2, 0.25) is 0 Å². The molecule has 0 atom stereocenters. The van der Waals surface area contributed by atoms with Gasteiger partial charge < -0.3 is 10.6 Å². The van der Waals surface area contributed by atoms with E-state index in [1.54, 1.807) is 11.3 Å². The van der Waals surface area contributed by atoms with E-state index in [1.165, 1.54) is 5.56 Å². The van der Waals surface area contributed by atoms with E-state index >= 15 is 0 Å². The molecule has 2 aromatic carbocycles. The predicted octanol–water partition coefficient (Wildman–Crippen LogP) is 4.59. The third-order valence-electron chi connectivity index (χ3n) is 5.20. The molecule has 29 heavy (non-hydrogen) atoms. The van der Waals surface area contributed by atoms with Crippen LogP contribution in [-0.4, -0.2) is 34.9 Å². The summed E-state index contributed by atoms with van der Waals surface area (Å²) in [6, 6.07) is 18.0. The number of hydrogen-bond donors (Lipinski definition) is 2. The van der Waals surface area contributed by atoms with Crippen LogP contribution < -0.4 is 10.6 Å². The summed E-state index contributed by atoms with van der Waals surface area (Å²) in [5.41, 5.74) is 4.13. The molecule has 5 nitrogen and oxygen atoms in total. The maximum atomic E-state index is 12.3. The van der Waals surface area contributed by atoms with E-state index in [2.05, 4.69) is 52.1 Å². The Balaban J connectivity index is 1.24. The van der Waals surface area contributed by atoms with Gasteiger partial charge in [0, 0.05) is 42.3 Å². The molecule has 1 amide bonds. The minimum absolute atomic E-state index is 0.0235. The number of rotatable bonds is 6. The molecule has 1 aliphatic heterocycles. The van der Waals surface area contributed by atoms with Crippen molar-refractivity contribution >= 4 is 28.1 Å². The average Bonchev–Trinajstić information content (AvgIpc) is 3.18. The van der Waals surface area contributed by atoms with E-state index in [9.17, 15) is 4.79 Å². The van der Waals surface area contributed by atoms with E-state index in [4.69, 9.17) is 4.98 Å². The average molecular weight is 407 g/mol. The van der Waals surface area contributed by atoms with Crippen molar-refractivity contribution in [3.8, 4) is 0 Å². The molecule has 3 aromatic rings. The summed E-state index contributed by atoms with van der Waals surface area (Å²) in [4.78, 5) is 19.5. The summed E-state index contributed by atoms with van der Waals surface area (Å²) in [5, 5.41) is 9.59. The molecule has 0 unspecified atom stereocenters. The van der Waals surface area contributed by atoms with Gasteiger partial charge in [-0.1, -0.05) is 35.9 Å². The Bertz CT molecular complexity index is 931. The van der Waals surface area contributed by atoms with Crippen molar-refractivity contribution in [2.24, 2.45) is 0 Å². The van der Waals surface area contributed by atoms with Crippen LogP contribution in [0.4, 0.5) is 10.8 Å². The van der Waals surface area contributed by atoms with E-state index in [-0.39, 0.29) is 11.9 Å². The highest BCUT2D eigenvalue weighted by Crippen LogP contribution is 2.23. The van der Waals surface area contributed by atoms with Crippen molar-refractivity contribution in [1.82, 2.24) is 15.2 Å². The molecule has 1 saturated heterocycles. The van der Waals surface area contributed by atoms with E-state index in [1.807, 2.05) is 30.3 Å². The predicted molar refractivity (Wildman–Crippen MR) is 119 cm³/mol. The van der Waals surface area contributed by atoms with Gasteiger partial charge in [-0.2, -0.15) is 0 Å². The van der Waals surface area contributed by atoms with E-state index < -0.39 is 0 Å². The Labute approximate surface area is 175 Å². The number of aryl methyl sites for hydroxylation is 1. The molecule has 2 heterocycles. The smallest absolute Gasteiger partial charge is 0.251 e. The second-order valence-corrected chi connectivity index (χ2v) is 8.38. The van der Waals surface area contributed by atoms with E-state index in [0.29, 0.717) is 0 Å². The summed E-state index contributed by atoms with van der Waals surface area (Å²) in [6.45, 7) is 4.88. The zero-order valence-electron chi connectivity index (χ0n) is 16.6. The third-order valence-corrected chi connectivity index (χ3v) is 6.01. The number of benzene rings is 2. The number of thiazole rings is 1. The van der Waals surface area contributed by atoms with Crippen LogP contribution in [0.3, 0.4) is 0 Å². The molecule has 1 fully saturated rings. The molecule has 0 saturated carbocycles. The van der Waals surface area contributed by atoms with Gasteiger partial charge in [-0.25, -0.2) is 4.98 Å². The number of likely N-dealkylation sites (tertiary alicyclic amines) is 1. The van der Waals surface area contributed by atoms with Gasteiger partial charge in [-0.3, -0.25) is 9.69 Å². The molecule has 0 bridgehead atoms. The van der Waals surface area contributed by atoms with Crippen LogP contribution in [0.15, 0.2) is 60.0 Å². The number of nitrogens with zero attached hydrogens (tertiary/aromatic N) is 2. The number of anilines is 2. The molecule has 1 aliphatic rings. The molecule has 150 valence electrons. The van der Waals surface area contributed by atoms with Crippen molar-refractivity contribution in [2.75, 3.05) is 18.4 Å². The molecule has 0 spiro atoms. The van der Waals surface area contributed by atoms with Crippen LogP contribution in [0.5, 0.6) is 0 Å². The van der Waals surface area contributed by atoms with Crippen LogP contribution in [0.2, 0.25) is 0 Å². The van der Waals surface area contributed by atoms with Crippen LogP contribution in [0, 0.1) is 6.92 Å². The molecule has 6 heteroatoms. The first-order valence-corrected chi connectivity index (χ1v) is 10.9. The lowest BCUT2D eigenvalue weighted by molar-refractivity contribution is 0.0908. The van der Waals surface area contributed by atoms with Gasteiger partial charge in [0.15, 0.2) is 5.13 Å². The highest BCUT2D eigenvalue weighted by atomic mass is 32.1. The highest BCUT2D eigenvalue weighted by Gasteiger charge is 2.21. The summed E-state index contributed by atoms with van der Waals surface area (Å²) in [6.07, 6.45) is 1.94. The maximum Gasteiger partial charge on any atom is 0.251 e. The SMILES string of the molecule is Cc1ccc(Nc2nc(CN3CCC(NC(=O)c4ccccc4)CC3)cs2)cc1. The van der Waals surface area contributed by atoms with Gasteiger partial charge in [0.05, 0.1) is 5.69 Å². The number of carbonyl (C=O) groups is 1. The van der Waals surface area contributed by atoms with Crippen molar-refractivity contribution in [3.63, 3.8) is 0 Å². The second-order valence-electron chi connectivity index (χ2n) is 7.52. The first kappa shape index (κ1) is 19.6.